The molecule has 180 valence electrons. The molecule has 7 heteroatoms. The summed E-state index contributed by atoms with van der Waals surface area (Å²) in [4.78, 5) is 42.3. The maximum absolute atomic E-state index is 13.5. The molecule has 3 aromatic rings. The number of nitrogens with one attached hydrogen (secondary N) is 2. The second kappa shape index (κ2) is 10.5. The zero-order valence-corrected chi connectivity index (χ0v) is 19.9. The smallest absolute Gasteiger partial charge is 0.311 e. The van der Waals surface area contributed by atoms with Crippen LogP contribution in [-0.4, -0.2) is 47.2 Å². The zero-order chi connectivity index (χ0) is 24.9. The highest BCUT2D eigenvalue weighted by atomic mass is 16.5. The molecule has 0 radical (unpaired) electrons. The Labute approximate surface area is 204 Å². The highest BCUT2D eigenvalue weighted by molar-refractivity contribution is 5.96. The number of ether oxygens (including phenoxy) is 1. The van der Waals surface area contributed by atoms with Crippen LogP contribution in [0.4, 0.5) is 0 Å². The van der Waals surface area contributed by atoms with Gasteiger partial charge in [0.1, 0.15) is 0 Å². The molecule has 1 saturated heterocycles. The molecule has 1 amide bonds. The number of aromatic nitrogens is 1. The van der Waals surface area contributed by atoms with Crippen LogP contribution in [0.15, 0.2) is 71.7 Å². The molecule has 1 aliphatic heterocycles. The number of hydrogen-bond acceptors (Lipinski definition) is 5. The van der Waals surface area contributed by atoms with Crippen LogP contribution in [-0.2, 0) is 16.0 Å². The molecule has 0 spiro atoms. The quantitative estimate of drug-likeness (QED) is 0.400. The van der Waals surface area contributed by atoms with Gasteiger partial charge in [0.25, 0.3) is 5.91 Å². The van der Waals surface area contributed by atoms with Crippen LogP contribution in [0.25, 0.3) is 11.1 Å². The predicted octanol–water partition coefficient (Wildman–Crippen LogP) is 4.07. The fourth-order valence-electron chi connectivity index (χ4n) is 4.77. The highest BCUT2D eigenvalue weighted by Crippen LogP contribution is 2.30. The van der Waals surface area contributed by atoms with Crippen LogP contribution >= 0.6 is 0 Å². The number of esters is 1. The molecule has 2 aromatic carbocycles. The molecule has 2 unspecified atom stereocenters. The topological polar surface area (TPSA) is 103 Å². The number of likely N-dealkylation sites (tertiary alicyclic amines) is 1. The average molecular weight is 472 g/mol. The number of carbonyl (C=O) groups is 2. The molecule has 0 aliphatic carbocycles. The van der Waals surface area contributed by atoms with E-state index in [1.165, 1.54) is 13.2 Å². The van der Waals surface area contributed by atoms with Crippen molar-refractivity contribution in [1.29, 1.82) is 5.41 Å². The van der Waals surface area contributed by atoms with E-state index in [0.29, 0.717) is 24.2 Å². The number of pyridine rings is 1. The normalized spacial score (nSPS) is 16.1. The van der Waals surface area contributed by atoms with E-state index in [4.69, 9.17) is 10.1 Å². The number of rotatable bonds is 7. The summed E-state index contributed by atoms with van der Waals surface area (Å²) in [7, 11) is 1.38. The lowest BCUT2D eigenvalue weighted by Crippen LogP contribution is -2.44. The van der Waals surface area contributed by atoms with Gasteiger partial charge < -0.3 is 20.0 Å². The fraction of sp³-hybridized carbons (Fsp3) is 0.286. The van der Waals surface area contributed by atoms with E-state index in [1.807, 2.05) is 42.5 Å². The lowest BCUT2D eigenvalue weighted by Gasteiger charge is -2.30. The summed E-state index contributed by atoms with van der Waals surface area (Å²) in [6.45, 7) is 2.31. The molecule has 1 aliphatic rings. The van der Waals surface area contributed by atoms with Crippen LogP contribution in [0, 0.1) is 11.3 Å². The van der Waals surface area contributed by atoms with Crippen molar-refractivity contribution in [2.75, 3.05) is 13.7 Å². The van der Waals surface area contributed by atoms with Gasteiger partial charge in [-0.05, 0) is 72.7 Å². The van der Waals surface area contributed by atoms with E-state index in [2.05, 4.69) is 4.98 Å². The second-order valence-corrected chi connectivity index (χ2v) is 8.89. The van der Waals surface area contributed by atoms with E-state index in [9.17, 15) is 14.4 Å². The number of nitrogens with zero attached hydrogens (tertiary/aromatic N) is 1. The molecular weight excluding hydrogens is 442 g/mol. The van der Waals surface area contributed by atoms with Crippen LogP contribution < -0.4 is 5.56 Å². The highest BCUT2D eigenvalue weighted by Gasteiger charge is 2.39. The van der Waals surface area contributed by atoms with E-state index >= 15 is 0 Å². The Balaban J connectivity index is 1.56. The standard InChI is InChI=1S/C28H29N3O4/c1-18(29)22-6-3-5-19(15-22)16-24(28(34)35-2)25-7-4-14-31(25)27(33)21-10-8-20(9-11-21)23-12-13-30-26(32)17-23/h3,5-6,8-13,15,17,24-25,29H,4,7,14,16H2,1-2H3,(H,30,32). The minimum absolute atomic E-state index is 0.122. The second-order valence-electron chi connectivity index (χ2n) is 8.89. The van der Waals surface area contributed by atoms with Crippen molar-refractivity contribution in [3.8, 4) is 11.1 Å². The van der Waals surface area contributed by atoms with E-state index in [1.54, 1.807) is 30.2 Å². The van der Waals surface area contributed by atoms with Crippen molar-refractivity contribution < 1.29 is 14.3 Å². The van der Waals surface area contributed by atoms with Gasteiger partial charge in [0, 0.05) is 36.1 Å². The molecule has 35 heavy (non-hydrogen) atoms. The fourth-order valence-corrected chi connectivity index (χ4v) is 4.77. The van der Waals surface area contributed by atoms with Crippen LogP contribution in [0.1, 0.15) is 41.3 Å². The predicted molar refractivity (Wildman–Crippen MR) is 135 cm³/mol. The van der Waals surface area contributed by atoms with E-state index < -0.39 is 5.92 Å². The summed E-state index contributed by atoms with van der Waals surface area (Å²) in [6, 6.07) is 17.9. The summed E-state index contributed by atoms with van der Waals surface area (Å²) in [5.41, 5.74) is 4.19. The minimum atomic E-state index is -0.497. The van der Waals surface area contributed by atoms with Crippen molar-refractivity contribution in [3.05, 3.63) is 93.9 Å². The SMILES string of the molecule is COC(=O)C(Cc1cccc(C(C)=N)c1)C1CCCN1C(=O)c1ccc(-c2cc[nH]c(=O)c2)cc1. The third-order valence-corrected chi connectivity index (χ3v) is 6.58. The van der Waals surface area contributed by atoms with Gasteiger partial charge in [-0.3, -0.25) is 14.4 Å². The van der Waals surface area contributed by atoms with Gasteiger partial charge in [0.2, 0.25) is 5.56 Å². The molecule has 7 nitrogen and oxygen atoms in total. The van der Waals surface area contributed by atoms with Gasteiger partial charge in [-0.1, -0.05) is 30.3 Å². The minimum Gasteiger partial charge on any atom is -0.469 e. The molecule has 2 heterocycles. The monoisotopic (exact) mass is 471 g/mol. The maximum Gasteiger partial charge on any atom is 0.311 e. The maximum atomic E-state index is 13.5. The van der Waals surface area contributed by atoms with Crippen molar-refractivity contribution in [2.45, 2.75) is 32.2 Å². The molecule has 4 rings (SSSR count). The van der Waals surface area contributed by atoms with Gasteiger partial charge in [-0.15, -0.1) is 0 Å². The first-order chi connectivity index (χ1) is 16.9. The van der Waals surface area contributed by atoms with Gasteiger partial charge in [-0.2, -0.15) is 0 Å². The van der Waals surface area contributed by atoms with Crippen molar-refractivity contribution in [1.82, 2.24) is 9.88 Å². The van der Waals surface area contributed by atoms with E-state index in [0.717, 1.165) is 35.1 Å². The molecule has 0 bridgehead atoms. The van der Waals surface area contributed by atoms with Gasteiger partial charge in [0.05, 0.1) is 13.0 Å². The number of hydrogen-bond donors (Lipinski definition) is 2. The first-order valence-corrected chi connectivity index (χ1v) is 11.7. The number of H-pyrrole nitrogens is 1. The Hall–Kier alpha value is -4.00. The van der Waals surface area contributed by atoms with Crippen LogP contribution in [0.2, 0.25) is 0 Å². The van der Waals surface area contributed by atoms with Crippen molar-refractivity contribution >= 4 is 17.6 Å². The summed E-state index contributed by atoms with van der Waals surface area (Å²) < 4.78 is 5.14. The lowest BCUT2D eigenvalue weighted by molar-refractivity contribution is -0.147. The largest absolute Gasteiger partial charge is 0.469 e. The van der Waals surface area contributed by atoms with Gasteiger partial charge >= 0.3 is 5.97 Å². The zero-order valence-electron chi connectivity index (χ0n) is 19.9. The number of amides is 1. The molecule has 1 aromatic heterocycles. The first kappa shape index (κ1) is 24.1. The van der Waals surface area contributed by atoms with E-state index in [-0.39, 0.29) is 23.5 Å². The summed E-state index contributed by atoms with van der Waals surface area (Å²) >= 11 is 0. The van der Waals surface area contributed by atoms with Gasteiger partial charge in [0.15, 0.2) is 0 Å². The number of carbonyl (C=O) groups excluding carboxylic acids is 2. The number of benzene rings is 2. The number of aromatic amines is 1. The summed E-state index contributed by atoms with van der Waals surface area (Å²) in [5, 5.41) is 7.90. The molecule has 1 fully saturated rings. The van der Waals surface area contributed by atoms with Crippen LogP contribution in [0.3, 0.4) is 0 Å². The van der Waals surface area contributed by atoms with Gasteiger partial charge in [-0.25, -0.2) is 0 Å². The number of methoxy groups -OCH3 is 1. The summed E-state index contributed by atoms with van der Waals surface area (Å²) in [5.74, 6) is -0.956. The Morgan fingerprint density at radius 3 is 2.54 bits per heavy atom. The average Bonchev–Trinajstić information content (AvgIpc) is 3.36. The third kappa shape index (κ3) is 5.40. The van der Waals surface area contributed by atoms with Crippen molar-refractivity contribution in [2.24, 2.45) is 5.92 Å². The molecule has 0 saturated carbocycles. The first-order valence-electron chi connectivity index (χ1n) is 11.7. The Morgan fingerprint density at radius 1 is 1.09 bits per heavy atom. The molecule has 2 N–H and O–H groups in total. The Morgan fingerprint density at radius 2 is 1.86 bits per heavy atom. The molecular formula is C28H29N3O4. The van der Waals surface area contributed by atoms with Crippen LogP contribution in [0.5, 0.6) is 0 Å². The lowest BCUT2D eigenvalue weighted by atomic mass is 9.89. The summed E-state index contributed by atoms with van der Waals surface area (Å²) in [6.07, 6.45) is 3.56. The Bertz CT molecular complexity index is 1300. The molecule has 2 atom stereocenters. The third-order valence-electron chi connectivity index (χ3n) is 6.58. The van der Waals surface area contributed by atoms with Crippen molar-refractivity contribution in [3.63, 3.8) is 0 Å². The Kier molecular flexibility index (Phi) is 7.25.